The van der Waals surface area contributed by atoms with Crippen LogP contribution in [0, 0.1) is 13.8 Å². The van der Waals surface area contributed by atoms with Crippen molar-refractivity contribution < 1.29 is 19.1 Å². The number of carbonyl (C=O) groups is 2. The molecule has 1 N–H and O–H groups in total. The average molecular weight is 543 g/mol. The predicted octanol–water partition coefficient (Wildman–Crippen LogP) is 5.81. The van der Waals surface area contributed by atoms with Crippen LogP contribution in [0.1, 0.15) is 76.5 Å². The molecule has 0 saturated heterocycles. The normalized spacial score (nSPS) is 14.3. The highest BCUT2D eigenvalue weighted by Crippen LogP contribution is 2.37. The summed E-state index contributed by atoms with van der Waals surface area (Å²) in [6.45, 7) is 6.00. The van der Waals surface area contributed by atoms with Crippen molar-refractivity contribution in [1.82, 2.24) is 14.8 Å². The highest BCUT2D eigenvalue weighted by atomic mass is 32.2. The molecule has 2 aromatic heterocycles. The van der Waals surface area contributed by atoms with Crippen LogP contribution in [0.2, 0.25) is 0 Å². The van der Waals surface area contributed by atoms with E-state index in [1.54, 1.807) is 0 Å². The minimum absolute atomic E-state index is 0.140. The van der Waals surface area contributed by atoms with Gasteiger partial charge in [0.1, 0.15) is 10.8 Å². The van der Waals surface area contributed by atoms with Gasteiger partial charge in [-0.1, -0.05) is 30.7 Å². The molecule has 3 aromatic rings. The number of ether oxygens (including phenoxy) is 2. The number of benzene rings is 1. The number of hydrogen-bond acceptors (Lipinski definition) is 8. The molecule has 0 bridgehead atoms. The molecule has 0 radical (unpaired) electrons. The predicted molar refractivity (Wildman–Crippen MR) is 147 cm³/mol. The number of rotatable bonds is 8. The van der Waals surface area contributed by atoms with E-state index in [0.717, 1.165) is 54.5 Å². The van der Waals surface area contributed by atoms with Crippen LogP contribution in [0.3, 0.4) is 0 Å². The van der Waals surface area contributed by atoms with Gasteiger partial charge in [0.25, 0.3) is 0 Å². The Morgan fingerprint density at radius 2 is 1.81 bits per heavy atom. The number of aromatic nitrogens is 3. The van der Waals surface area contributed by atoms with E-state index >= 15 is 0 Å². The van der Waals surface area contributed by atoms with Gasteiger partial charge in [0.2, 0.25) is 5.91 Å². The summed E-state index contributed by atoms with van der Waals surface area (Å²) in [5.74, 6) is 1.01. The Labute approximate surface area is 226 Å². The number of thioether (sulfide) groups is 1. The van der Waals surface area contributed by atoms with Gasteiger partial charge in [0.05, 0.1) is 18.4 Å². The number of amides is 1. The van der Waals surface area contributed by atoms with Gasteiger partial charge >= 0.3 is 5.97 Å². The Morgan fingerprint density at radius 3 is 2.51 bits per heavy atom. The van der Waals surface area contributed by atoms with Gasteiger partial charge < -0.3 is 19.4 Å². The SMILES string of the molecule is COC(=O)c1c(NC(=O)CSc2nnc(C(C)Oc3cc(C)cc(C)c3)n2C)sc2c1CCCCCC2. The maximum Gasteiger partial charge on any atom is 0.341 e. The number of fused-ring (bicyclic) bond motifs is 1. The summed E-state index contributed by atoms with van der Waals surface area (Å²) in [5, 5.41) is 12.7. The molecule has 10 heteroatoms. The molecule has 1 unspecified atom stereocenters. The summed E-state index contributed by atoms with van der Waals surface area (Å²) in [4.78, 5) is 26.7. The van der Waals surface area contributed by atoms with Crippen LogP contribution in [0.25, 0.3) is 0 Å². The summed E-state index contributed by atoms with van der Waals surface area (Å²) in [6, 6.07) is 6.09. The molecule has 0 spiro atoms. The van der Waals surface area contributed by atoms with Gasteiger partial charge in [0, 0.05) is 11.9 Å². The van der Waals surface area contributed by atoms with E-state index in [1.807, 2.05) is 44.5 Å². The number of anilines is 1. The third kappa shape index (κ3) is 6.54. The Morgan fingerprint density at radius 1 is 1.11 bits per heavy atom. The number of aryl methyl sites for hydroxylation is 3. The zero-order valence-corrected chi connectivity index (χ0v) is 23.7. The minimum atomic E-state index is -0.392. The molecule has 1 aliphatic carbocycles. The topological polar surface area (TPSA) is 95.3 Å². The van der Waals surface area contributed by atoms with E-state index in [4.69, 9.17) is 9.47 Å². The standard InChI is InChI=1S/C27H34N4O4S2/c1-16-12-17(2)14-19(13-16)35-18(3)24-29-30-27(31(24)4)36-15-22(32)28-25-23(26(33)34-5)20-10-8-6-7-9-11-21(20)37-25/h12-14,18H,6-11,15H2,1-5H3,(H,28,32). The molecule has 2 heterocycles. The van der Waals surface area contributed by atoms with Crippen LogP contribution in [0.4, 0.5) is 5.00 Å². The van der Waals surface area contributed by atoms with E-state index in [2.05, 4.69) is 21.6 Å². The number of thiophene rings is 1. The first-order chi connectivity index (χ1) is 17.8. The molecule has 8 nitrogen and oxygen atoms in total. The van der Waals surface area contributed by atoms with Crippen molar-refractivity contribution in [3.05, 3.63) is 51.2 Å². The summed E-state index contributed by atoms with van der Waals surface area (Å²) >= 11 is 2.80. The van der Waals surface area contributed by atoms with Gasteiger partial charge in [-0.2, -0.15) is 0 Å². The number of esters is 1. The van der Waals surface area contributed by atoms with Gasteiger partial charge in [0.15, 0.2) is 17.1 Å². The van der Waals surface area contributed by atoms with Gasteiger partial charge in [-0.3, -0.25) is 4.79 Å². The molecule has 0 fully saturated rings. The second-order valence-electron chi connectivity index (χ2n) is 9.43. The quantitative estimate of drug-likeness (QED) is 0.283. The van der Waals surface area contributed by atoms with Crippen molar-refractivity contribution >= 4 is 40.0 Å². The zero-order chi connectivity index (χ0) is 26.5. The molecule has 1 atom stereocenters. The fourth-order valence-corrected chi connectivity index (χ4v) is 6.69. The first-order valence-corrected chi connectivity index (χ1v) is 14.4. The zero-order valence-electron chi connectivity index (χ0n) is 22.1. The third-order valence-corrected chi connectivity index (χ3v) is 8.61. The first kappa shape index (κ1) is 27.2. The first-order valence-electron chi connectivity index (χ1n) is 12.6. The van der Waals surface area contributed by atoms with Crippen LogP contribution in [-0.4, -0.2) is 39.5 Å². The van der Waals surface area contributed by atoms with E-state index in [1.165, 1.54) is 41.5 Å². The van der Waals surface area contributed by atoms with Crippen molar-refractivity contribution in [2.24, 2.45) is 7.05 Å². The number of nitrogens with one attached hydrogen (secondary N) is 1. The fourth-order valence-electron chi connectivity index (χ4n) is 4.68. The molecule has 1 amide bonds. The summed E-state index contributed by atoms with van der Waals surface area (Å²) < 4.78 is 13.0. The minimum Gasteiger partial charge on any atom is -0.483 e. The molecule has 0 saturated carbocycles. The maximum atomic E-state index is 12.9. The van der Waals surface area contributed by atoms with Crippen LogP contribution in [0.15, 0.2) is 23.4 Å². The second kappa shape index (κ2) is 12.1. The number of carbonyl (C=O) groups excluding carboxylic acids is 2. The third-order valence-electron chi connectivity index (χ3n) is 6.39. The molecule has 1 aromatic carbocycles. The monoisotopic (exact) mass is 542 g/mol. The molecular weight excluding hydrogens is 508 g/mol. The van der Waals surface area contributed by atoms with Gasteiger partial charge in [-0.05, 0) is 75.3 Å². The van der Waals surface area contributed by atoms with Crippen molar-refractivity contribution in [3.8, 4) is 5.75 Å². The molecule has 4 rings (SSSR count). The largest absolute Gasteiger partial charge is 0.483 e. The fraction of sp³-hybridized carbons (Fsp3) is 0.481. The Bertz CT molecular complexity index is 1260. The van der Waals surface area contributed by atoms with E-state index in [9.17, 15) is 9.59 Å². The lowest BCUT2D eigenvalue weighted by Crippen LogP contribution is -2.17. The smallest absolute Gasteiger partial charge is 0.341 e. The Kier molecular flexibility index (Phi) is 8.91. The van der Waals surface area contributed by atoms with Crippen LogP contribution in [-0.2, 0) is 29.4 Å². The molecule has 37 heavy (non-hydrogen) atoms. The number of nitrogens with zero attached hydrogens (tertiary/aromatic N) is 3. The number of methoxy groups -OCH3 is 1. The Hall–Kier alpha value is -2.85. The summed E-state index contributed by atoms with van der Waals surface area (Å²) in [7, 11) is 3.25. The number of hydrogen-bond donors (Lipinski definition) is 1. The van der Waals surface area contributed by atoms with Crippen molar-refractivity contribution in [1.29, 1.82) is 0 Å². The lowest BCUT2D eigenvalue weighted by Gasteiger charge is -2.15. The van der Waals surface area contributed by atoms with Crippen molar-refractivity contribution in [3.63, 3.8) is 0 Å². The van der Waals surface area contributed by atoms with E-state index in [-0.39, 0.29) is 17.8 Å². The van der Waals surface area contributed by atoms with E-state index < -0.39 is 5.97 Å². The van der Waals surface area contributed by atoms with Crippen LogP contribution >= 0.6 is 23.1 Å². The van der Waals surface area contributed by atoms with Crippen molar-refractivity contribution in [2.45, 2.75) is 70.6 Å². The van der Waals surface area contributed by atoms with Gasteiger partial charge in [-0.25, -0.2) is 4.79 Å². The lowest BCUT2D eigenvalue weighted by molar-refractivity contribution is -0.113. The molecular formula is C27H34N4O4S2. The molecule has 0 aliphatic heterocycles. The molecule has 1 aliphatic rings. The average Bonchev–Trinajstić information content (AvgIpc) is 3.35. The van der Waals surface area contributed by atoms with Crippen molar-refractivity contribution in [2.75, 3.05) is 18.2 Å². The van der Waals surface area contributed by atoms with Gasteiger partial charge in [-0.15, -0.1) is 21.5 Å². The van der Waals surface area contributed by atoms with Crippen LogP contribution in [0.5, 0.6) is 5.75 Å². The maximum absolute atomic E-state index is 12.9. The Balaban J connectivity index is 1.42. The second-order valence-corrected chi connectivity index (χ2v) is 11.5. The summed E-state index contributed by atoms with van der Waals surface area (Å²) in [6.07, 6.45) is 5.94. The summed E-state index contributed by atoms with van der Waals surface area (Å²) in [5.41, 5.74) is 3.82. The lowest BCUT2D eigenvalue weighted by atomic mass is 9.96. The highest BCUT2D eigenvalue weighted by molar-refractivity contribution is 7.99. The molecule has 198 valence electrons. The highest BCUT2D eigenvalue weighted by Gasteiger charge is 2.26. The van der Waals surface area contributed by atoms with E-state index in [0.29, 0.717) is 21.5 Å². The van der Waals surface area contributed by atoms with Crippen LogP contribution < -0.4 is 10.1 Å².